The van der Waals surface area contributed by atoms with Crippen LogP contribution in [0.4, 0.5) is 0 Å². The monoisotopic (exact) mass is 228 g/mol. The quantitative estimate of drug-likeness (QED) is 0.577. The minimum absolute atomic E-state index is 0.0506. The first-order chi connectivity index (χ1) is 7.02. The normalized spacial score (nSPS) is 24.1. The van der Waals surface area contributed by atoms with Crippen molar-refractivity contribution in [1.29, 1.82) is 0 Å². The highest BCUT2D eigenvalue weighted by Crippen LogP contribution is 2.21. The van der Waals surface area contributed by atoms with E-state index in [-0.39, 0.29) is 22.8 Å². The van der Waals surface area contributed by atoms with Crippen LogP contribution in [0.15, 0.2) is 0 Å². The van der Waals surface area contributed by atoms with Crippen LogP contribution in [0.5, 0.6) is 0 Å². The Morgan fingerprint density at radius 1 is 1.47 bits per heavy atom. The van der Waals surface area contributed by atoms with Gasteiger partial charge >= 0.3 is 0 Å². The molecule has 2 amide bonds. The largest absolute Gasteiger partial charge is 0.302 e. The van der Waals surface area contributed by atoms with Gasteiger partial charge in [-0.05, 0) is 25.1 Å². The molecule has 0 aromatic carbocycles. The average molecular weight is 228 g/mol. The molecule has 1 saturated heterocycles. The Bertz CT molecular complexity index is 304. The second-order valence-corrected chi connectivity index (χ2v) is 4.13. The SMILES string of the molecule is CCC(C)C1C(=O)NC(=S)N(CC)C1=O. The summed E-state index contributed by atoms with van der Waals surface area (Å²) in [5, 5.41) is 2.80. The van der Waals surface area contributed by atoms with Gasteiger partial charge in [0.2, 0.25) is 11.8 Å². The van der Waals surface area contributed by atoms with Gasteiger partial charge in [0.25, 0.3) is 0 Å². The van der Waals surface area contributed by atoms with Crippen molar-refractivity contribution in [2.75, 3.05) is 6.54 Å². The fourth-order valence-corrected chi connectivity index (χ4v) is 1.99. The van der Waals surface area contributed by atoms with E-state index in [9.17, 15) is 9.59 Å². The fourth-order valence-electron chi connectivity index (χ4n) is 1.67. The van der Waals surface area contributed by atoms with Crippen molar-refractivity contribution >= 4 is 29.1 Å². The summed E-state index contributed by atoms with van der Waals surface area (Å²) in [4.78, 5) is 25.0. The molecule has 0 spiro atoms. The summed E-state index contributed by atoms with van der Waals surface area (Å²) in [6, 6.07) is 0. The lowest BCUT2D eigenvalue weighted by atomic mass is 9.88. The van der Waals surface area contributed by atoms with E-state index in [0.29, 0.717) is 6.54 Å². The second kappa shape index (κ2) is 4.70. The summed E-state index contributed by atoms with van der Waals surface area (Å²) in [5.74, 6) is -0.957. The molecule has 0 bridgehead atoms. The van der Waals surface area contributed by atoms with Crippen LogP contribution in [0.1, 0.15) is 27.2 Å². The second-order valence-electron chi connectivity index (χ2n) is 3.74. The summed E-state index contributed by atoms with van der Waals surface area (Å²) in [6.07, 6.45) is 0.800. The minimum atomic E-state index is -0.582. The van der Waals surface area contributed by atoms with Crippen LogP contribution in [-0.4, -0.2) is 28.4 Å². The van der Waals surface area contributed by atoms with Crippen molar-refractivity contribution in [2.24, 2.45) is 11.8 Å². The van der Waals surface area contributed by atoms with Gasteiger partial charge in [-0.2, -0.15) is 0 Å². The number of amides is 2. The van der Waals surface area contributed by atoms with Crippen molar-refractivity contribution in [3.05, 3.63) is 0 Å². The van der Waals surface area contributed by atoms with Crippen LogP contribution in [0.3, 0.4) is 0 Å². The van der Waals surface area contributed by atoms with Gasteiger partial charge in [-0.25, -0.2) is 0 Å². The van der Waals surface area contributed by atoms with E-state index in [1.54, 1.807) is 0 Å². The van der Waals surface area contributed by atoms with Gasteiger partial charge in [-0.3, -0.25) is 14.5 Å². The predicted octanol–water partition coefficient (Wildman–Crippen LogP) is 0.912. The van der Waals surface area contributed by atoms with Crippen LogP contribution >= 0.6 is 12.2 Å². The molecule has 0 aliphatic carbocycles. The number of thiocarbonyl (C=S) groups is 1. The third-order valence-corrected chi connectivity index (χ3v) is 3.14. The van der Waals surface area contributed by atoms with E-state index in [1.165, 1.54) is 4.90 Å². The van der Waals surface area contributed by atoms with E-state index in [2.05, 4.69) is 5.32 Å². The molecule has 4 nitrogen and oxygen atoms in total. The van der Waals surface area contributed by atoms with Crippen LogP contribution < -0.4 is 5.32 Å². The van der Waals surface area contributed by atoms with Crippen molar-refractivity contribution in [3.8, 4) is 0 Å². The third-order valence-electron chi connectivity index (χ3n) is 2.82. The highest BCUT2D eigenvalue weighted by atomic mass is 32.1. The summed E-state index contributed by atoms with van der Waals surface area (Å²) >= 11 is 4.93. The molecular weight excluding hydrogens is 212 g/mol. The van der Waals surface area contributed by atoms with Gasteiger partial charge in [-0.1, -0.05) is 20.3 Å². The minimum Gasteiger partial charge on any atom is -0.302 e. The maximum Gasteiger partial charge on any atom is 0.241 e. The highest BCUT2D eigenvalue weighted by molar-refractivity contribution is 7.80. The zero-order chi connectivity index (χ0) is 11.6. The van der Waals surface area contributed by atoms with Gasteiger partial charge in [0.05, 0.1) is 0 Å². The van der Waals surface area contributed by atoms with Gasteiger partial charge in [0.1, 0.15) is 5.92 Å². The molecule has 0 aromatic rings. The first kappa shape index (κ1) is 12.1. The van der Waals surface area contributed by atoms with Crippen LogP contribution in [0.2, 0.25) is 0 Å². The molecule has 1 N–H and O–H groups in total. The average Bonchev–Trinajstić information content (AvgIpc) is 2.17. The van der Waals surface area contributed by atoms with Crippen LogP contribution in [0, 0.1) is 11.8 Å². The first-order valence-electron chi connectivity index (χ1n) is 5.19. The lowest BCUT2D eigenvalue weighted by Gasteiger charge is -2.33. The summed E-state index contributed by atoms with van der Waals surface area (Å²) in [5.41, 5.74) is 0. The molecule has 1 heterocycles. The van der Waals surface area contributed by atoms with Crippen molar-refractivity contribution in [1.82, 2.24) is 10.2 Å². The third kappa shape index (κ3) is 2.17. The molecule has 1 fully saturated rings. The molecule has 0 radical (unpaired) electrons. The topological polar surface area (TPSA) is 49.4 Å². The Morgan fingerprint density at radius 2 is 2.07 bits per heavy atom. The maximum absolute atomic E-state index is 12.0. The number of rotatable bonds is 3. The Kier molecular flexibility index (Phi) is 3.79. The van der Waals surface area contributed by atoms with Crippen LogP contribution in [0.25, 0.3) is 0 Å². The van der Waals surface area contributed by atoms with Crippen molar-refractivity contribution in [2.45, 2.75) is 27.2 Å². The van der Waals surface area contributed by atoms with E-state index < -0.39 is 5.92 Å². The smallest absolute Gasteiger partial charge is 0.241 e. The lowest BCUT2D eigenvalue weighted by Crippen LogP contribution is -2.59. The Morgan fingerprint density at radius 3 is 2.53 bits per heavy atom. The van der Waals surface area contributed by atoms with E-state index in [4.69, 9.17) is 12.2 Å². The molecular formula is C10H16N2O2S. The molecule has 2 unspecified atom stereocenters. The standard InChI is InChI=1S/C10H16N2O2S/c1-4-6(3)7-8(13)11-10(15)12(5-2)9(7)14/h6-7H,4-5H2,1-3H3,(H,11,13,15). The predicted molar refractivity (Wildman–Crippen MR) is 61.1 cm³/mol. The molecule has 0 saturated carbocycles. The molecule has 15 heavy (non-hydrogen) atoms. The number of carbonyl (C=O) groups is 2. The molecule has 0 aromatic heterocycles. The summed E-state index contributed by atoms with van der Waals surface area (Å²) < 4.78 is 0. The lowest BCUT2D eigenvalue weighted by molar-refractivity contribution is -0.143. The van der Waals surface area contributed by atoms with Crippen LogP contribution in [-0.2, 0) is 9.59 Å². The van der Waals surface area contributed by atoms with Gasteiger partial charge in [-0.15, -0.1) is 0 Å². The first-order valence-corrected chi connectivity index (χ1v) is 5.59. The zero-order valence-corrected chi connectivity index (χ0v) is 10.1. The number of nitrogens with one attached hydrogen (secondary N) is 1. The summed E-state index contributed by atoms with van der Waals surface area (Å²) in [7, 11) is 0. The molecule has 1 aliphatic rings. The Hall–Kier alpha value is -0.970. The maximum atomic E-state index is 12.0. The van der Waals surface area contributed by atoms with Crippen molar-refractivity contribution in [3.63, 3.8) is 0 Å². The van der Waals surface area contributed by atoms with Gasteiger partial charge in [0, 0.05) is 6.54 Å². The number of nitrogens with zero attached hydrogens (tertiary/aromatic N) is 1. The molecule has 1 aliphatic heterocycles. The van der Waals surface area contributed by atoms with E-state index >= 15 is 0 Å². The number of hydrogen-bond donors (Lipinski definition) is 1. The Balaban J connectivity index is 2.92. The van der Waals surface area contributed by atoms with Gasteiger partial charge < -0.3 is 5.32 Å². The highest BCUT2D eigenvalue weighted by Gasteiger charge is 2.40. The van der Waals surface area contributed by atoms with E-state index in [1.807, 2.05) is 20.8 Å². The molecule has 84 valence electrons. The number of hydrogen-bond acceptors (Lipinski definition) is 3. The Labute approximate surface area is 95.0 Å². The molecule has 2 atom stereocenters. The molecule has 1 rings (SSSR count). The fraction of sp³-hybridized carbons (Fsp3) is 0.700. The van der Waals surface area contributed by atoms with E-state index in [0.717, 1.165) is 6.42 Å². The molecule has 5 heteroatoms. The summed E-state index contributed by atoms with van der Waals surface area (Å²) in [6.45, 7) is 6.22. The van der Waals surface area contributed by atoms with Crippen molar-refractivity contribution < 1.29 is 9.59 Å². The zero-order valence-electron chi connectivity index (χ0n) is 9.24. The van der Waals surface area contributed by atoms with Gasteiger partial charge in [0.15, 0.2) is 5.11 Å². The number of carbonyl (C=O) groups excluding carboxylic acids is 2.